The first kappa shape index (κ1) is 18.9. The van der Waals surface area contributed by atoms with Crippen LogP contribution < -0.4 is 16.0 Å². The number of aliphatic carboxylic acids is 1. The Morgan fingerprint density at radius 1 is 1.15 bits per heavy atom. The van der Waals surface area contributed by atoms with Crippen LogP contribution in [0.4, 0.5) is 10.6 Å². The molecule has 5 N–H and O–H groups in total. The number of hydrogen-bond acceptors (Lipinski definition) is 5. The molecule has 0 atom stereocenters. The molecule has 1 saturated carbocycles. The molecule has 0 radical (unpaired) electrons. The molecule has 0 spiro atoms. The van der Waals surface area contributed by atoms with Gasteiger partial charge in [-0.25, -0.2) is 9.78 Å². The fourth-order valence-corrected chi connectivity index (χ4v) is 3.62. The van der Waals surface area contributed by atoms with E-state index >= 15 is 0 Å². The second-order valence-electron chi connectivity index (χ2n) is 7.13. The van der Waals surface area contributed by atoms with E-state index in [1.807, 2.05) is 6.07 Å². The third kappa shape index (κ3) is 4.66. The number of nitrogens with two attached hydrogens (primary N) is 1. The number of rotatable bonds is 4. The number of pyridine rings is 1. The van der Waals surface area contributed by atoms with Gasteiger partial charge >= 0.3 is 12.0 Å². The molecule has 2 aliphatic rings. The van der Waals surface area contributed by atoms with Crippen molar-refractivity contribution in [3.63, 3.8) is 0 Å². The SMILES string of the molecule is N=C(N)c1ccc(N2CCN(C(=O)NC3CCC(C(=O)O)CC3)CC2)nc1. The Kier molecular flexibility index (Phi) is 5.78. The minimum Gasteiger partial charge on any atom is -0.481 e. The number of carboxylic acids is 1. The van der Waals surface area contributed by atoms with Crippen molar-refractivity contribution in [3.8, 4) is 0 Å². The second-order valence-corrected chi connectivity index (χ2v) is 7.13. The predicted octanol–water partition coefficient (Wildman–Crippen LogP) is 0.841. The lowest BCUT2D eigenvalue weighted by molar-refractivity contribution is -0.142. The van der Waals surface area contributed by atoms with Crippen LogP contribution in [0.25, 0.3) is 0 Å². The van der Waals surface area contributed by atoms with Crippen LogP contribution in [0, 0.1) is 11.3 Å². The van der Waals surface area contributed by atoms with E-state index in [1.165, 1.54) is 0 Å². The van der Waals surface area contributed by atoms with E-state index in [-0.39, 0.29) is 23.8 Å². The smallest absolute Gasteiger partial charge is 0.317 e. The zero-order valence-corrected chi connectivity index (χ0v) is 15.2. The van der Waals surface area contributed by atoms with Crippen molar-refractivity contribution in [1.82, 2.24) is 15.2 Å². The highest BCUT2D eigenvalue weighted by Crippen LogP contribution is 2.24. The number of carboxylic acid groups (broad SMARTS) is 1. The third-order valence-corrected chi connectivity index (χ3v) is 5.35. The van der Waals surface area contributed by atoms with E-state index in [4.69, 9.17) is 16.2 Å². The molecule has 1 aromatic heterocycles. The fourth-order valence-electron chi connectivity index (χ4n) is 3.62. The summed E-state index contributed by atoms with van der Waals surface area (Å²) in [7, 11) is 0. The van der Waals surface area contributed by atoms with Gasteiger partial charge in [0.2, 0.25) is 0 Å². The van der Waals surface area contributed by atoms with E-state index in [1.54, 1.807) is 17.2 Å². The lowest BCUT2D eigenvalue weighted by Gasteiger charge is -2.36. The van der Waals surface area contributed by atoms with Crippen LogP contribution in [-0.4, -0.2) is 65.0 Å². The summed E-state index contributed by atoms with van der Waals surface area (Å²) in [6, 6.07) is 3.60. The molecule has 146 valence electrons. The van der Waals surface area contributed by atoms with Gasteiger partial charge < -0.3 is 26.0 Å². The van der Waals surface area contributed by atoms with Gasteiger partial charge in [-0.05, 0) is 37.8 Å². The highest BCUT2D eigenvalue weighted by Gasteiger charge is 2.28. The molecule has 1 saturated heterocycles. The molecular formula is C18H26N6O3. The first-order valence-corrected chi connectivity index (χ1v) is 9.27. The summed E-state index contributed by atoms with van der Waals surface area (Å²) in [6.07, 6.45) is 4.26. The standard InChI is InChI=1S/C18H26N6O3/c19-16(20)13-3-6-15(21-11-13)23-7-9-24(10-8-23)18(27)22-14-4-1-12(2-5-14)17(25)26/h3,6,11-12,14H,1-2,4-5,7-10H2,(H3,19,20)(H,22,27)(H,25,26). The molecule has 1 aromatic rings. The third-order valence-electron chi connectivity index (χ3n) is 5.35. The molecule has 0 aromatic carbocycles. The Balaban J connectivity index is 1.45. The molecular weight excluding hydrogens is 348 g/mol. The molecule has 0 bridgehead atoms. The average Bonchev–Trinajstić information content (AvgIpc) is 2.68. The molecule has 1 aliphatic heterocycles. The minimum absolute atomic E-state index is 0.00655. The Morgan fingerprint density at radius 3 is 2.33 bits per heavy atom. The summed E-state index contributed by atoms with van der Waals surface area (Å²) in [5.41, 5.74) is 6.03. The van der Waals surface area contributed by atoms with E-state index in [2.05, 4.69) is 15.2 Å². The van der Waals surface area contributed by atoms with E-state index in [9.17, 15) is 9.59 Å². The summed E-state index contributed by atoms with van der Waals surface area (Å²) in [5, 5.41) is 19.5. The van der Waals surface area contributed by atoms with Crippen molar-refractivity contribution in [2.45, 2.75) is 31.7 Å². The van der Waals surface area contributed by atoms with E-state index < -0.39 is 5.97 Å². The molecule has 1 aliphatic carbocycles. The fraction of sp³-hybridized carbons (Fsp3) is 0.556. The zero-order chi connectivity index (χ0) is 19.4. The van der Waals surface area contributed by atoms with E-state index in [0.717, 1.165) is 18.7 Å². The lowest BCUT2D eigenvalue weighted by Crippen LogP contribution is -2.54. The molecule has 3 rings (SSSR count). The second kappa shape index (κ2) is 8.24. The molecule has 2 amide bonds. The highest BCUT2D eigenvalue weighted by atomic mass is 16.4. The zero-order valence-electron chi connectivity index (χ0n) is 15.2. The van der Waals surface area contributed by atoms with Crippen molar-refractivity contribution >= 4 is 23.7 Å². The van der Waals surface area contributed by atoms with Gasteiger partial charge in [-0.1, -0.05) is 0 Å². The van der Waals surface area contributed by atoms with Crippen LogP contribution >= 0.6 is 0 Å². The van der Waals surface area contributed by atoms with Crippen molar-refractivity contribution in [2.75, 3.05) is 31.1 Å². The Hall–Kier alpha value is -2.84. The van der Waals surface area contributed by atoms with Crippen LogP contribution in [0.5, 0.6) is 0 Å². The van der Waals surface area contributed by atoms with Crippen molar-refractivity contribution in [2.24, 2.45) is 11.7 Å². The van der Waals surface area contributed by atoms with Gasteiger partial charge in [0.05, 0.1) is 5.92 Å². The number of hydrogen-bond donors (Lipinski definition) is 4. The van der Waals surface area contributed by atoms with Crippen LogP contribution in [0.1, 0.15) is 31.2 Å². The van der Waals surface area contributed by atoms with E-state index in [0.29, 0.717) is 44.6 Å². The number of aromatic nitrogens is 1. The summed E-state index contributed by atoms with van der Waals surface area (Å²) in [5.74, 6) is -0.204. The number of piperazine rings is 1. The number of nitrogen functional groups attached to an aromatic ring is 1. The van der Waals surface area contributed by atoms with Crippen LogP contribution in [0.2, 0.25) is 0 Å². The number of carbonyl (C=O) groups is 2. The number of nitrogens with zero attached hydrogens (tertiary/aromatic N) is 3. The number of carbonyl (C=O) groups excluding carboxylic acids is 1. The first-order valence-electron chi connectivity index (χ1n) is 9.27. The molecule has 2 heterocycles. The normalized spacial score (nSPS) is 23.0. The number of amidine groups is 1. The maximum Gasteiger partial charge on any atom is 0.317 e. The molecule has 9 heteroatoms. The van der Waals surface area contributed by atoms with Gasteiger partial charge in [0, 0.05) is 44.0 Å². The van der Waals surface area contributed by atoms with Gasteiger partial charge in [0.15, 0.2) is 0 Å². The number of nitrogens with one attached hydrogen (secondary N) is 2. The van der Waals surface area contributed by atoms with Crippen LogP contribution in [-0.2, 0) is 4.79 Å². The average molecular weight is 374 g/mol. The molecule has 9 nitrogen and oxygen atoms in total. The quantitative estimate of drug-likeness (QED) is 0.455. The minimum atomic E-state index is -0.735. The Labute approximate surface area is 158 Å². The van der Waals surface area contributed by atoms with Gasteiger partial charge in [-0.2, -0.15) is 0 Å². The van der Waals surface area contributed by atoms with Gasteiger partial charge in [-0.15, -0.1) is 0 Å². The van der Waals surface area contributed by atoms with Crippen molar-refractivity contribution in [3.05, 3.63) is 23.9 Å². The summed E-state index contributed by atoms with van der Waals surface area (Å²) < 4.78 is 0. The summed E-state index contributed by atoms with van der Waals surface area (Å²) >= 11 is 0. The summed E-state index contributed by atoms with van der Waals surface area (Å²) in [6.45, 7) is 2.58. The predicted molar refractivity (Wildman–Crippen MR) is 101 cm³/mol. The number of anilines is 1. The maximum absolute atomic E-state index is 12.5. The lowest BCUT2D eigenvalue weighted by atomic mass is 9.86. The van der Waals surface area contributed by atoms with Gasteiger partial charge in [0.1, 0.15) is 11.7 Å². The van der Waals surface area contributed by atoms with Crippen LogP contribution in [0.15, 0.2) is 18.3 Å². The number of urea groups is 1. The molecule has 0 unspecified atom stereocenters. The van der Waals surface area contributed by atoms with Crippen molar-refractivity contribution < 1.29 is 14.7 Å². The monoisotopic (exact) mass is 374 g/mol. The molecule has 27 heavy (non-hydrogen) atoms. The van der Waals surface area contributed by atoms with Gasteiger partial charge in [-0.3, -0.25) is 10.2 Å². The highest BCUT2D eigenvalue weighted by molar-refractivity contribution is 5.94. The Bertz CT molecular complexity index is 692. The molecule has 2 fully saturated rings. The largest absolute Gasteiger partial charge is 0.481 e. The van der Waals surface area contributed by atoms with Gasteiger partial charge in [0.25, 0.3) is 0 Å². The number of amides is 2. The van der Waals surface area contributed by atoms with Crippen molar-refractivity contribution in [1.29, 1.82) is 5.41 Å². The van der Waals surface area contributed by atoms with Crippen LogP contribution in [0.3, 0.4) is 0 Å². The topological polar surface area (TPSA) is 136 Å². The summed E-state index contributed by atoms with van der Waals surface area (Å²) in [4.78, 5) is 31.7. The first-order chi connectivity index (χ1) is 12.9. The maximum atomic E-state index is 12.5. The Morgan fingerprint density at radius 2 is 1.81 bits per heavy atom.